The number of primary amides is 2. The van der Waals surface area contributed by atoms with Gasteiger partial charge in [-0.25, -0.2) is 4.79 Å². The topological polar surface area (TPSA) is 167 Å². The molecule has 11 heavy (non-hydrogen) atoms. The van der Waals surface area contributed by atoms with E-state index in [9.17, 15) is 0 Å². The smallest absolute Gasteiger partial charge is 0.316 e. The summed E-state index contributed by atoms with van der Waals surface area (Å²) in [4.78, 5) is 17.4. The summed E-state index contributed by atoms with van der Waals surface area (Å²) >= 11 is 0. The number of carbonyl (C=O) groups is 1. The van der Waals surface area contributed by atoms with Gasteiger partial charge in [0.1, 0.15) is 0 Å². The average molecular weight is 209 g/mol. The van der Waals surface area contributed by atoms with Gasteiger partial charge in [-0.3, -0.25) is 0 Å². The van der Waals surface area contributed by atoms with Crippen molar-refractivity contribution in [3.63, 3.8) is 0 Å². The molecule has 0 heterocycles. The van der Waals surface area contributed by atoms with Crippen molar-refractivity contribution in [1.82, 2.24) is 6.15 Å². The standard InChI is InChI=1S/CH4N2O.Ca.Mg.HNO3.H3N.4H/c2-1(3)4;;;2-1(3)4;;;;;/h(H4,2,3,4);;;(H,2,3,4);1H3;;;;. The minimum atomic E-state index is -1.50. The molecule has 0 radical (unpaired) electrons. The summed E-state index contributed by atoms with van der Waals surface area (Å²) in [5.41, 5.74) is 8.50. The number of rotatable bonds is 0. The molecule has 0 aromatic heterocycles. The Balaban J connectivity index is -0.0000000171. The van der Waals surface area contributed by atoms with E-state index in [1.54, 1.807) is 0 Å². The van der Waals surface area contributed by atoms with Gasteiger partial charge in [-0.2, -0.15) is 0 Å². The minimum Gasteiger partial charge on any atom is 0.316 e. The zero-order valence-electron chi connectivity index (χ0n) is 4.48. The molecule has 0 aliphatic rings. The van der Waals surface area contributed by atoms with E-state index in [0.717, 1.165) is 0 Å². The van der Waals surface area contributed by atoms with E-state index in [4.69, 9.17) is 20.1 Å². The van der Waals surface area contributed by atoms with E-state index in [1.807, 2.05) is 0 Å². The van der Waals surface area contributed by atoms with Crippen LogP contribution in [-0.4, -0.2) is 77.1 Å². The van der Waals surface area contributed by atoms with E-state index in [1.165, 1.54) is 0 Å². The fourth-order valence-electron chi connectivity index (χ4n) is 0. The van der Waals surface area contributed by atoms with Crippen LogP contribution in [0.3, 0.4) is 0 Å². The number of nitrogens with zero attached hydrogens (tertiary/aromatic N) is 1. The molecular weight excluding hydrogens is 196 g/mol. The predicted octanol–water partition coefficient (Wildman–Crippen LogP) is -2.99. The molecule has 0 saturated heterocycles. The second kappa shape index (κ2) is 22.4. The molecule has 0 fully saturated rings. The molecule has 0 aromatic carbocycles. The van der Waals surface area contributed by atoms with E-state index in [0.29, 0.717) is 0 Å². The Morgan fingerprint density at radius 3 is 1.45 bits per heavy atom. The Bertz CT molecular complexity index is 80.1. The van der Waals surface area contributed by atoms with Crippen molar-refractivity contribution in [3.05, 3.63) is 10.1 Å². The monoisotopic (exact) mass is 208 g/mol. The molecule has 2 amide bonds. The molecule has 0 saturated carbocycles. The summed E-state index contributed by atoms with van der Waals surface area (Å²) in [6, 6.07) is -0.833. The molecule has 0 spiro atoms. The van der Waals surface area contributed by atoms with Crippen LogP contribution < -0.4 is 17.6 Å². The summed E-state index contributed by atoms with van der Waals surface area (Å²) < 4.78 is 0. The fraction of sp³-hybridized carbons (Fsp3) is 0. The number of amides is 2. The van der Waals surface area contributed by atoms with Crippen LogP contribution in [-0.2, 0) is 0 Å². The van der Waals surface area contributed by atoms with Crippen molar-refractivity contribution >= 4 is 66.8 Å². The van der Waals surface area contributed by atoms with Crippen LogP contribution in [0.25, 0.3) is 0 Å². The summed E-state index contributed by atoms with van der Waals surface area (Å²) in [6.45, 7) is 0. The van der Waals surface area contributed by atoms with E-state index in [-0.39, 0.29) is 66.9 Å². The summed E-state index contributed by atoms with van der Waals surface area (Å²) in [7, 11) is 0. The van der Waals surface area contributed by atoms with Gasteiger partial charge in [-0.1, -0.05) is 0 Å². The van der Waals surface area contributed by atoms with Crippen LogP contribution in [0.1, 0.15) is 0 Å². The van der Waals surface area contributed by atoms with E-state index in [2.05, 4.69) is 11.5 Å². The first kappa shape index (κ1) is 30.0. The van der Waals surface area contributed by atoms with Gasteiger partial charge in [0.25, 0.3) is 5.09 Å². The first-order valence-electron chi connectivity index (χ1n) is 1.35. The molecule has 0 atom stereocenters. The molecule has 0 aliphatic carbocycles. The summed E-state index contributed by atoms with van der Waals surface area (Å²) in [6.07, 6.45) is 0. The Morgan fingerprint density at radius 2 is 1.45 bits per heavy atom. The molecule has 0 unspecified atom stereocenters. The van der Waals surface area contributed by atoms with E-state index < -0.39 is 11.1 Å². The number of urea groups is 1. The van der Waals surface area contributed by atoms with Crippen LogP contribution in [0.5, 0.6) is 0 Å². The second-order valence-electron chi connectivity index (χ2n) is 0.640. The molecule has 8 N–H and O–H groups in total. The number of hydrogen-bond acceptors (Lipinski definition) is 4. The van der Waals surface area contributed by atoms with Gasteiger partial charge < -0.3 is 22.8 Å². The fourth-order valence-corrected chi connectivity index (χ4v) is 0. The maximum atomic E-state index is 9.00. The van der Waals surface area contributed by atoms with Gasteiger partial charge in [0.15, 0.2) is 0 Å². The third-order valence-corrected chi connectivity index (χ3v) is 0. The zero-order valence-corrected chi connectivity index (χ0v) is 4.48. The Morgan fingerprint density at radius 1 is 1.45 bits per heavy atom. The zero-order chi connectivity index (χ0) is 7.15. The summed E-state index contributed by atoms with van der Waals surface area (Å²) in [5.74, 6) is 0. The maximum absolute atomic E-state index is 9.00. The van der Waals surface area contributed by atoms with Crippen molar-refractivity contribution in [2.24, 2.45) is 11.5 Å². The molecule has 64 valence electrons. The van der Waals surface area contributed by atoms with E-state index >= 15 is 0 Å². The molecule has 0 bridgehead atoms. The van der Waals surface area contributed by atoms with Crippen molar-refractivity contribution in [2.45, 2.75) is 0 Å². The molecule has 0 aromatic rings. The van der Waals surface area contributed by atoms with Gasteiger partial charge >= 0.3 is 66.8 Å². The van der Waals surface area contributed by atoms with Crippen LogP contribution >= 0.6 is 0 Å². The van der Waals surface area contributed by atoms with Crippen LogP contribution in [0.2, 0.25) is 0 Å². The third kappa shape index (κ3) is 3600. The molecule has 8 nitrogen and oxygen atoms in total. The van der Waals surface area contributed by atoms with Crippen LogP contribution in [0.15, 0.2) is 0 Å². The van der Waals surface area contributed by atoms with Crippen molar-refractivity contribution < 1.29 is 15.1 Å². The Labute approximate surface area is 109 Å². The van der Waals surface area contributed by atoms with Gasteiger partial charge in [-0.15, -0.1) is 10.1 Å². The van der Waals surface area contributed by atoms with Crippen LogP contribution in [0.4, 0.5) is 4.79 Å². The predicted molar refractivity (Wildman–Crippen MR) is 44.7 cm³/mol. The van der Waals surface area contributed by atoms with Gasteiger partial charge in [-0.05, 0) is 0 Å². The number of carbonyl (C=O) groups excluding carboxylic acids is 1. The number of nitrogens with two attached hydrogens (primary N) is 2. The van der Waals surface area contributed by atoms with Crippen molar-refractivity contribution in [2.75, 3.05) is 0 Å². The van der Waals surface area contributed by atoms with Crippen molar-refractivity contribution in [3.8, 4) is 0 Å². The van der Waals surface area contributed by atoms with Gasteiger partial charge in [0.2, 0.25) is 0 Å². The Kier molecular flexibility index (Phi) is 61.3. The van der Waals surface area contributed by atoms with Crippen molar-refractivity contribution in [1.29, 1.82) is 0 Å². The second-order valence-corrected chi connectivity index (χ2v) is 0.640. The van der Waals surface area contributed by atoms with Gasteiger partial charge in [0.05, 0.1) is 0 Å². The number of hydrogen-bond donors (Lipinski definition) is 4. The maximum Gasteiger partial charge on any atom is 0.316 e. The minimum absolute atomic E-state index is 0. The SMILES string of the molecule is N.NC(N)=O.O=[N+]([O-])O.[CaH2].[MgH2]. The third-order valence-electron chi connectivity index (χ3n) is 0. The first-order valence-corrected chi connectivity index (χ1v) is 1.35. The average Bonchev–Trinajstić information content (AvgIpc) is 1.25. The Hall–Kier alpha value is 0.456. The molecular formula is CH12CaMgN4O4. The molecule has 0 aliphatic heterocycles. The molecule has 10 heteroatoms. The van der Waals surface area contributed by atoms with Crippen LogP contribution in [0, 0.1) is 10.1 Å². The first-order chi connectivity index (χ1) is 3.46. The quantitative estimate of drug-likeness (QED) is 0.189. The summed E-state index contributed by atoms with van der Waals surface area (Å²) in [5, 5.41) is 13.6. The normalized spacial score (nSPS) is 4.36. The molecule has 0 rings (SSSR count). The largest absolute Gasteiger partial charge is 0.316 e. The van der Waals surface area contributed by atoms with Gasteiger partial charge in [0, 0.05) is 0 Å².